The fourth-order valence-electron chi connectivity index (χ4n) is 1.91. The maximum atomic E-state index is 11.9. The van der Waals surface area contributed by atoms with Crippen LogP contribution in [0, 0.1) is 6.92 Å². The van der Waals surface area contributed by atoms with Crippen molar-refractivity contribution in [2.45, 2.75) is 38.0 Å². The molecule has 4 heteroatoms. The van der Waals surface area contributed by atoms with E-state index in [-0.39, 0.29) is 6.04 Å². The van der Waals surface area contributed by atoms with Crippen molar-refractivity contribution in [1.29, 1.82) is 0 Å². The molecule has 0 fully saturated rings. The lowest BCUT2D eigenvalue weighted by atomic mass is 9.95. The van der Waals surface area contributed by atoms with E-state index in [1.807, 2.05) is 14.0 Å². The van der Waals surface area contributed by atoms with E-state index in [0.717, 1.165) is 5.56 Å². The molecule has 0 spiro atoms. The normalized spacial score (nSPS) is 14.5. The third-order valence-electron chi connectivity index (χ3n) is 3.70. The number of aryl methyl sites for hydroxylation is 1. The summed E-state index contributed by atoms with van der Waals surface area (Å²) in [5, 5.41) is 3.13. The number of rotatable bonds is 5. The molecule has 3 nitrogen and oxygen atoms in total. The van der Waals surface area contributed by atoms with Gasteiger partial charge in [-0.05, 0) is 39.8 Å². The molecule has 1 aromatic rings. The van der Waals surface area contributed by atoms with Gasteiger partial charge in [0.25, 0.3) is 0 Å². The quantitative estimate of drug-likeness (QED) is 0.888. The third-order valence-corrected chi connectivity index (χ3v) is 5.90. The molecule has 0 bridgehead atoms. The van der Waals surface area contributed by atoms with E-state index < -0.39 is 14.6 Å². The number of nitrogens with one attached hydrogen (secondary N) is 1. The van der Waals surface area contributed by atoms with Gasteiger partial charge in [0.15, 0.2) is 9.84 Å². The van der Waals surface area contributed by atoms with Gasteiger partial charge in [-0.3, -0.25) is 0 Å². The van der Waals surface area contributed by atoms with E-state index >= 15 is 0 Å². The molecule has 0 aliphatic carbocycles. The number of likely N-dealkylation sites (N-methyl/N-ethyl adjacent to an activating group) is 1. The molecule has 0 radical (unpaired) electrons. The molecule has 1 N–H and O–H groups in total. The molecule has 102 valence electrons. The Morgan fingerprint density at radius 2 is 1.72 bits per heavy atom. The molecule has 0 aliphatic heterocycles. The van der Waals surface area contributed by atoms with Gasteiger partial charge in [0.1, 0.15) is 0 Å². The van der Waals surface area contributed by atoms with Crippen molar-refractivity contribution < 1.29 is 8.42 Å². The molecule has 1 unspecified atom stereocenters. The van der Waals surface area contributed by atoms with Crippen molar-refractivity contribution in [3.05, 3.63) is 35.4 Å². The van der Waals surface area contributed by atoms with E-state index in [1.165, 1.54) is 11.8 Å². The SMILES string of the molecule is CNC(Cc1ccc(C)cc1)C(C)(C)S(C)(=O)=O. The Morgan fingerprint density at radius 1 is 1.22 bits per heavy atom. The Bertz CT molecular complexity index is 489. The second-order valence-corrected chi connectivity index (χ2v) is 8.00. The summed E-state index contributed by atoms with van der Waals surface area (Å²) in [7, 11) is -1.29. The zero-order chi connectivity index (χ0) is 14.0. The average Bonchev–Trinajstić information content (AvgIpc) is 2.26. The fourth-order valence-corrected chi connectivity index (χ4v) is 2.63. The van der Waals surface area contributed by atoms with Gasteiger partial charge >= 0.3 is 0 Å². The molecule has 0 amide bonds. The van der Waals surface area contributed by atoms with Crippen LogP contribution >= 0.6 is 0 Å². The first-order valence-electron chi connectivity index (χ1n) is 6.11. The summed E-state index contributed by atoms with van der Waals surface area (Å²) in [5.41, 5.74) is 2.36. The summed E-state index contributed by atoms with van der Waals surface area (Å²) in [5.74, 6) is 0. The van der Waals surface area contributed by atoms with Gasteiger partial charge in [-0.25, -0.2) is 8.42 Å². The van der Waals surface area contributed by atoms with E-state index in [9.17, 15) is 8.42 Å². The Labute approximate surface area is 111 Å². The summed E-state index contributed by atoms with van der Waals surface area (Å²) < 4.78 is 22.9. The first-order chi connectivity index (χ1) is 8.18. The van der Waals surface area contributed by atoms with Crippen molar-refractivity contribution in [3.8, 4) is 0 Å². The smallest absolute Gasteiger partial charge is 0.154 e. The van der Waals surface area contributed by atoms with Gasteiger partial charge in [-0.2, -0.15) is 0 Å². The fraction of sp³-hybridized carbons (Fsp3) is 0.571. The van der Waals surface area contributed by atoms with E-state index in [2.05, 4.69) is 29.6 Å². The molecule has 1 atom stereocenters. The van der Waals surface area contributed by atoms with Crippen LogP contribution < -0.4 is 5.32 Å². The topological polar surface area (TPSA) is 46.2 Å². The van der Waals surface area contributed by atoms with Crippen LogP contribution in [0.2, 0.25) is 0 Å². The van der Waals surface area contributed by atoms with Crippen molar-refractivity contribution >= 4 is 9.84 Å². The minimum Gasteiger partial charge on any atom is -0.315 e. The maximum Gasteiger partial charge on any atom is 0.154 e. The van der Waals surface area contributed by atoms with Crippen LogP contribution in [-0.4, -0.2) is 32.5 Å². The zero-order valence-corrected chi connectivity index (χ0v) is 12.6. The molecule has 0 heterocycles. The molecule has 18 heavy (non-hydrogen) atoms. The van der Waals surface area contributed by atoms with E-state index in [1.54, 1.807) is 13.8 Å². The van der Waals surface area contributed by atoms with Crippen LogP contribution in [0.4, 0.5) is 0 Å². The highest BCUT2D eigenvalue weighted by Gasteiger charge is 2.38. The van der Waals surface area contributed by atoms with Crippen LogP contribution in [0.15, 0.2) is 24.3 Å². The summed E-state index contributed by atoms with van der Waals surface area (Å²) in [6, 6.07) is 8.11. The lowest BCUT2D eigenvalue weighted by Gasteiger charge is -2.32. The standard InChI is InChI=1S/C14H23NO2S/c1-11-6-8-12(9-7-11)10-13(15-4)14(2,3)18(5,16)17/h6-9,13,15H,10H2,1-5H3. The Kier molecular flexibility index (Phi) is 4.56. The minimum absolute atomic E-state index is 0.102. The number of sulfone groups is 1. The van der Waals surface area contributed by atoms with Crippen LogP contribution in [0.1, 0.15) is 25.0 Å². The Balaban J connectivity index is 2.95. The monoisotopic (exact) mass is 269 g/mol. The molecule has 1 aromatic carbocycles. The molecule has 0 saturated heterocycles. The van der Waals surface area contributed by atoms with E-state index in [4.69, 9.17) is 0 Å². The Hall–Kier alpha value is -0.870. The maximum absolute atomic E-state index is 11.9. The second-order valence-electron chi connectivity index (χ2n) is 5.41. The highest BCUT2D eigenvalue weighted by atomic mass is 32.2. The predicted octanol–water partition coefficient (Wildman–Crippen LogP) is 1.95. The second kappa shape index (κ2) is 5.41. The van der Waals surface area contributed by atoms with Crippen molar-refractivity contribution in [2.75, 3.05) is 13.3 Å². The third kappa shape index (κ3) is 3.33. The average molecular weight is 269 g/mol. The van der Waals surface area contributed by atoms with Crippen LogP contribution in [0.25, 0.3) is 0 Å². The molecular weight excluding hydrogens is 246 g/mol. The van der Waals surface area contributed by atoms with Crippen LogP contribution in [0.3, 0.4) is 0 Å². The first kappa shape index (κ1) is 15.2. The van der Waals surface area contributed by atoms with Gasteiger partial charge in [0.2, 0.25) is 0 Å². The highest BCUT2D eigenvalue weighted by molar-refractivity contribution is 7.92. The number of benzene rings is 1. The van der Waals surface area contributed by atoms with Crippen molar-refractivity contribution in [1.82, 2.24) is 5.32 Å². The Morgan fingerprint density at radius 3 is 2.11 bits per heavy atom. The van der Waals surface area contributed by atoms with Crippen molar-refractivity contribution in [3.63, 3.8) is 0 Å². The molecular formula is C14H23NO2S. The minimum atomic E-state index is -3.10. The summed E-state index contributed by atoms with van der Waals surface area (Å²) in [6.07, 6.45) is 2.00. The molecule has 0 saturated carbocycles. The summed E-state index contributed by atoms with van der Waals surface area (Å²) in [6.45, 7) is 5.59. The summed E-state index contributed by atoms with van der Waals surface area (Å²) in [4.78, 5) is 0. The van der Waals surface area contributed by atoms with Gasteiger partial charge in [-0.1, -0.05) is 29.8 Å². The molecule has 0 aliphatic rings. The lowest BCUT2D eigenvalue weighted by molar-refractivity contribution is 0.431. The van der Waals surface area contributed by atoms with E-state index in [0.29, 0.717) is 6.42 Å². The lowest BCUT2D eigenvalue weighted by Crippen LogP contribution is -2.51. The van der Waals surface area contributed by atoms with Gasteiger partial charge in [0.05, 0.1) is 4.75 Å². The largest absolute Gasteiger partial charge is 0.315 e. The first-order valence-corrected chi connectivity index (χ1v) is 8.00. The van der Waals surface area contributed by atoms with Crippen molar-refractivity contribution in [2.24, 2.45) is 0 Å². The molecule has 0 aromatic heterocycles. The van der Waals surface area contributed by atoms with Crippen LogP contribution in [-0.2, 0) is 16.3 Å². The zero-order valence-electron chi connectivity index (χ0n) is 11.8. The summed E-state index contributed by atoms with van der Waals surface area (Å²) >= 11 is 0. The molecule has 1 rings (SSSR count). The van der Waals surface area contributed by atoms with Crippen LogP contribution in [0.5, 0.6) is 0 Å². The van der Waals surface area contributed by atoms with Gasteiger partial charge in [-0.15, -0.1) is 0 Å². The number of hydrogen-bond acceptors (Lipinski definition) is 3. The number of hydrogen-bond donors (Lipinski definition) is 1. The van der Waals surface area contributed by atoms with Gasteiger partial charge < -0.3 is 5.32 Å². The highest BCUT2D eigenvalue weighted by Crippen LogP contribution is 2.23. The predicted molar refractivity (Wildman–Crippen MR) is 76.7 cm³/mol. The van der Waals surface area contributed by atoms with Gasteiger partial charge in [0, 0.05) is 12.3 Å².